The fraction of sp³-hybridized carbons (Fsp3) is 0.412. The van der Waals surface area contributed by atoms with Crippen molar-refractivity contribution in [2.24, 2.45) is 5.92 Å². The molecule has 0 aliphatic carbocycles. The Morgan fingerprint density at radius 1 is 1.09 bits per heavy atom. The number of likely N-dealkylation sites (N-methyl/N-ethyl adjacent to an activating group) is 1. The van der Waals surface area contributed by atoms with E-state index < -0.39 is 11.6 Å². The van der Waals surface area contributed by atoms with Crippen molar-refractivity contribution in [3.63, 3.8) is 0 Å². The Hall–Kier alpha value is -3.59. The van der Waals surface area contributed by atoms with Crippen molar-refractivity contribution in [3.8, 4) is 11.5 Å². The largest absolute Gasteiger partial charge is 0.487 e. The monoisotopic (exact) mass is 606 g/mol. The highest BCUT2D eigenvalue weighted by atomic mass is 35.5. The summed E-state index contributed by atoms with van der Waals surface area (Å²) in [6, 6.07) is 18.4. The summed E-state index contributed by atoms with van der Waals surface area (Å²) >= 11 is 6.25. The molecule has 0 radical (unpaired) electrons. The van der Waals surface area contributed by atoms with E-state index in [-0.39, 0.29) is 36.9 Å². The topological polar surface area (TPSA) is 97.3 Å². The minimum absolute atomic E-state index is 0.0915. The van der Waals surface area contributed by atoms with E-state index in [2.05, 4.69) is 5.32 Å². The van der Waals surface area contributed by atoms with E-state index in [4.69, 9.17) is 25.8 Å². The summed E-state index contributed by atoms with van der Waals surface area (Å²) in [6.07, 6.45) is 1.58. The molecule has 3 aromatic carbocycles. The van der Waals surface area contributed by atoms with Crippen molar-refractivity contribution in [1.29, 1.82) is 0 Å². The first kappa shape index (κ1) is 30.9. The van der Waals surface area contributed by atoms with Crippen molar-refractivity contribution in [1.82, 2.24) is 5.32 Å². The molecule has 2 aliphatic rings. The predicted octanol–water partition coefficient (Wildman–Crippen LogP) is 5.56. The Kier molecular flexibility index (Phi) is 9.30. The van der Waals surface area contributed by atoms with Crippen LogP contribution in [0.25, 0.3) is 0 Å². The third kappa shape index (κ3) is 6.66. The van der Waals surface area contributed by atoms with Crippen molar-refractivity contribution in [2.45, 2.75) is 57.8 Å². The first-order chi connectivity index (χ1) is 20.6. The van der Waals surface area contributed by atoms with Crippen molar-refractivity contribution < 1.29 is 28.9 Å². The molecule has 0 spiro atoms. The number of aliphatic hydroxyl groups is 1. The molecular weight excluding hydrogens is 568 g/mol. The van der Waals surface area contributed by atoms with Gasteiger partial charge in [0, 0.05) is 31.0 Å². The van der Waals surface area contributed by atoms with E-state index >= 15 is 0 Å². The van der Waals surface area contributed by atoms with Gasteiger partial charge in [0.05, 0.1) is 24.2 Å². The molecule has 1 fully saturated rings. The smallest absolute Gasteiger partial charge is 0.257 e. The quantitative estimate of drug-likeness (QED) is 0.331. The van der Waals surface area contributed by atoms with Gasteiger partial charge in [-0.25, -0.2) is 0 Å². The molecule has 5 rings (SSSR count). The van der Waals surface area contributed by atoms with E-state index in [1.807, 2.05) is 81.4 Å². The summed E-state index contributed by atoms with van der Waals surface area (Å²) in [5.74, 6) is 0.636. The Bertz CT molecular complexity index is 1450. The average Bonchev–Trinajstić information content (AvgIpc) is 3.00. The Morgan fingerprint density at radius 2 is 1.77 bits per heavy atom. The summed E-state index contributed by atoms with van der Waals surface area (Å²) in [5.41, 5.74) is 3.08. The molecule has 2 aliphatic heterocycles. The molecule has 2 N–H and O–H groups in total. The summed E-state index contributed by atoms with van der Waals surface area (Å²) < 4.78 is 17.5. The SMILES string of the molecule is CNC(=O)COc1cc2c(cc1OC(C)C)C(c1ccc(Cl)cc1)N(c1ccc([C@@](C)(O)C3CCOCC3)cc1)C(=O)C2. The summed E-state index contributed by atoms with van der Waals surface area (Å²) in [5, 5.41) is 14.6. The molecule has 1 saturated heterocycles. The molecule has 43 heavy (non-hydrogen) atoms. The van der Waals surface area contributed by atoms with Crippen LogP contribution in [0.15, 0.2) is 60.7 Å². The Morgan fingerprint density at radius 3 is 2.40 bits per heavy atom. The van der Waals surface area contributed by atoms with Gasteiger partial charge in [0.1, 0.15) is 0 Å². The van der Waals surface area contributed by atoms with Gasteiger partial charge in [0.25, 0.3) is 5.91 Å². The van der Waals surface area contributed by atoms with Gasteiger partial charge in [-0.15, -0.1) is 0 Å². The van der Waals surface area contributed by atoms with Crippen LogP contribution in [0.5, 0.6) is 11.5 Å². The van der Waals surface area contributed by atoms with Crippen molar-refractivity contribution in [2.75, 3.05) is 31.8 Å². The van der Waals surface area contributed by atoms with Gasteiger partial charge >= 0.3 is 0 Å². The number of ether oxygens (including phenoxy) is 3. The highest BCUT2D eigenvalue weighted by molar-refractivity contribution is 6.30. The van der Waals surface area contributed by atoms with Gasteiger partial charge in [-0.3, -0.25) is 9.59 Å². The first-order valence-electron chi connectivity index (χ1n) is 14.7. The number of hydrogen-bond donors (Lipinski definition) is 2. The van der Waals surface area contributed by atoms with Crippen LogP contribution in [-0.2, 0) is 26.3 Å². The van der Waals surface area contributed by atoms with Crippen molar-refractivity contribution in [3.05, 3.63) is 87.9 Å². The molecule has 0 aromatic heterocycles. The number of hydrogen-bond acceptors (Lipinski definition) is 6. The number of nitrogens with one attached hydrogen (secondary N) is 1. The van der Waals surface area contributed by atoms with Gasteiger partial charge < -0.3 is 29.5 Å². The third-order valence-corrected chi connectivity index (χ3v) is 8.55. The highest BCUT2D eigenvalue weighted by Gasteiger charge is 2.38. The van der Waals surface area contributed by atoms with E-state index in [9.17, 15) is 14.7 Å². The zero-order valence-electron chi connectivity index (χ0n) is 25.1. The standard InChI is InChI=1S/C34H39ClN2O6/c1-21(2)43-30-19-28-23(17-29(30)42-20-31(38)36-4)18-32(39)37(33(28)22-5-9-26(35)10-6-22)27-11-7-24(8-12-27)34(3,40)25-13-15-41-16-14-25/h5-12,17,19,21,25,33,40H,13-16,18,20H2,1-4H3,(H,36,38)/t33?,34-/m1/s1. The first-order valence-corrected chi connectivity index (χ1v) is 15.1. The van der Waals surface area contributed by atoms with Crippen LogP contribution in [0.3, 0.4) is 0 Å². The number of fused-ring (bicyclic) bond motifs is 1. The molecular formula is C34H39ClN2O6. The molecule has 1 unspecified atom stereocenters. The second kappa shape index (κ2) is 13.0. The zero-order chi connectivity index (χ0) is 30.7. The lowest BCUT2D eigenvalue weighted by atomic mass is 9.78. The summed E-state index contributed by atoms with van der Waals surface area (Å²) in [6.45, 7) is 6.82. The number of halogens is 1. The lowest BCUT2D eigenvalue weighted by Gasteiger charge is -2.39. The number of nitrogens with zero attached hydrogens (tertiary/aromatic N) is 1. The van der Waals surface area contributed by atoms with Gasteiger partial charge in [-0.1, -0.05) is 35.9 Å². The number of rotatable bonds is 9. The molecule has 0 bridgehead atoms. The van der Waals surface area contributed by atoms with Crippen LogP contribution in [0.4, 0.5) is 5.69 Å². The predicted molar refractivity (Wildman–Crippen MR) is 166 cm³/mol. The second-order valence-corrected chi connectivity index (χ2v) is 12.0. The van der Waals surface area contributed by atoms with Crippen LogP contribution < -0.4 is 19.7 Å². The van der Waals surface area contributed by atoms with E-state index in [0.717, 1.165) is 35.1 Å². The zero-order valence-corrected chi connectivity index (χ0v) is 25.8. The average molecular weight is 607 g/mol. The third-order valence-electron chi connectivity index (χ3n) is 8.30. The lowest BCUT2D eigenvalue weighted by Crippen LogP contribution is -2.41. The molecule has 2 atom stereocenters. The van der Waals surface area contributed by atoms with Gasteiger partial charge in [-0.2, -0.15) is 0 Å². The minimum Gasteiger partial charge on any atom is -0.487 e. The normalized spacial score (nSPS) is 18.6. The lowest BCUT2D eigenvalue weighted by molar-refractivity contribution is -0.122. The molecule has 8 nitrogen and oxygen atoms in total. The minimum atomic E-state index is -1.01. The number of anilines is 1. The summed E-state index contributed by atoms with van der Waals surface area (Å²) in [4.78, 5) is 27.6. The number of carbonyl (C=O) groups excluding carboxylic acids is 2. The Labute approximate surface area is 257 Å². The molecule has 3 aromatic rings. The maximum atomic E-state index is 13.9. The molecule has 228 valence electrons. The van der Waals surface area contributed by atoms with Gasteiger partial charge in [0.2, 0.25) is 5.91 Å². The Balaban J connectivity index is 1.57. The van der Waals surface area contributed by atoms with Crippen molar-refractivity contribution >= 4 is 29.1 Å². The van der Waals surface area contributed by atoms with Gasteiger partial charge in [0.15, 0.2) is 18.1 Å². The van der Waals surface area contributed by atoms with Crippen LogP contribution in [0.1, 0.15) is 61.9 Å². The van der Waals surface area contributed by atoms with Crippen LogP contribution >= 0.6 is 11.6 Å². The molecule has 2 amide bonds. The maximum Gasteiger partial charge on any atom is 0.257 e. The number of carbonyl (C=O) groups is 2. The fourth-order valence-corrected chi connectivity index (χ4v) is 6.08. The summed E-state index contributed by atoms with van der Waals surface area (Å²) in [7, 11) is 1.55. The fourth-order valence-electron chi connectivity index (χ4n) is 5.95. The molecule has 0 saturated carbocycles. The number of benzene rings is 3. The maximum absolute atomic E-state index is 13.9. The number of amides is 2. The molecule has 2 heterocycles. The van der Waals surface area contributed by atoms with Crippen LogP contribution in [-0.4, -0.2) is 49.9 Å². The second-order valence-electron chi connectivity index (χ2n) is 11.6. The van der Waals surface area contributed by atoms with Crippen LogP contribution in [0, 0.1) is 5.92 Å². The van der Waals surface area contributed by atoms with E-state index in [1.54, 1.807) is 11.9 Å². The molecule has 9 heteroatoms. The van der Waals surface area contributed by atoms with E-state index in [1.165, 1.54) is 0 Å². The van der Waals surface area contributed by atoms with Gasteiger partial charge in [-0.05, 0) is 98.2 Å². The highest BCUT2D eigenvalue weighted by Crippen LogP contribution is 2.44. The van der Waals surface area contributed by atoms with Crippen LogP contribution in [0.2, 0.25) is 5.02 Å². The van der Waals surface area contributed by atoms with E-state index in [0.29, 0.717) is 35.4 Å².